The fourth-order valence-electron chi connectivity index (χ4n) is 3.25. The number of benzene rings is 2. The molecule has 7 nitrogen and oxygen atoms in total. The van der Waals surface area contributed by atoms with Crippen molar-refractivity contribution in [2.45, 2.75) is 34.1 Å². The topological polar surface area (TPSA) is 81.9 Å². The highest BCUT2D eigenvalue weighted by Gasteiger charge is 2.11. The Morgan fingerprint density at radius 3 is 2.34 bits per heavy atom. The standard InChI is InChI=1S/C25H25N5O2/c1-5-19-6-8-20(9-7-19)25(31)29-21-10-12-22(13-11-21)32-24-14-23(27-18(4)28-24)30-15-26-16(2)17(30)3/h6-15H,5H2,1-4H3,(H,29,31). The van der Waals surface area contributed by atoms with Crippen LogP contribution in [0.3, 0.4) is 0 Å². The number of anilines is 1. The van der Waals surface area contributed by atoms with E-state index < -0.39 is 0 Å². The van der Waals surface area contributed by atoms with Crippen LogP contribution in [-0.4, -0.2) is 25.4 Å². The Labute approximate surface area is 187 Å². The van der Waals surface area contributed by atoms with E-state index in [-0.39, 0.29) is 5.91 Å². The number of carbonyl (C=O) groups excluding carboxylic acids is 1. The van der Waals surface area contributed by atoms with Gasteiger partial charge in [0.05, 0.1) is 5.69 Å². The molecule has 1 N–H and O–H groups in total. The first-order chi connectivity index (χ1) is 15.4. The maximum Gasteiger partial charge on any atom is 0.255 e. The van der Waals surface area contributed by atoms with Gasteiger partial charge >= 0.3 is 0 Å². The van der Waals surface area contributed by atoms with Gasteiger partial charge in [-0.2, -0.15) is 4.98 Å². The maximum absolute atomic E-state index is 12.5. The molecule has 0 aliphatic rings. The van der Waals surface area contributed by atoms with Crippen LogP contribution >= 0.6 is 0 Å². The summed E-state index contributed by atoms with van der Waals surface area (Å²) in [6.45, 7) is 7.85. The van der Waals surface area contributed by atoms with Crippen LogP contribution in [0.4, 0.5) is 5.69 Å². The van der Waals surface area contributed by atoms with E-state index in [0.717, 1.165) is 17.8 Å². The molecule has 0 unspecified atom stereocenters. The number of hydrogen-bond donors (Lipinski definition) is 1. The third kappa shape index (κ3) is 4.67. The Morgan fingerprint density at radius 2 is 1.72 bits per heavy atom. The molecule has 0 spiro atoms. The first-order valence-corrected chi connectivity index (χ1v) is 10.5. The van der Waals surface area contributed by atoms with E-state index in [1.54, 1.807) is 36.7 Å². The molecule has 2 heterocycles. The second-order valence-corrected chi connectivity index (χ2v) is 7.53. The summed E-state index contributed by atoms with van der Waals surface area (Å²) in [6, 6.07) is 16.6. The average molecular weight is 428 g/mol. The first kappa shape index (κ1) is 21.2. The minimum atomic E-state index is -0.150. The number of nitrogens with zero attached hydrogens (tertiary/aromatic N) is 4. The average Bonchev–Trinajstić information content (AvgIpc) is 3.13. The van der Waals surface area contributed by atoms with Crippen molar-refractivity contribution in [3.8, 4) is 17.4 Å². The molecule has 0 fully saturated rings. The Bertz CT molecular complexity index is 1240. The number of nitrogens with one attached hydrogen (secondary N) is 1. The van der Waals surface area contributed by atoms with Crippen molar-refractivity contribution in [2.75, 3.05) is 5.32 Å². The molecule has 4 aromatic rings. The normalized spacial score (nSPS) is 10.8. The second-order valence-electron chi connectivity index (χ2n) is 7.53. The number of aromatic nitrogens is 4. The smallest absolute Gasteiger partial charge is 0.255 e. The molecular weight excluding hydrogens is 402 g/mol. The predicted octanol–water partition coefficient (Wildman–Crippen LogP) is 5.19. The van der Waals surface area contributed by atoms with Crippen LogP contribution in [0.15, 0.2) is 60.9 Å². The molecular formula is C25H25N5O2. The molecule has 0 saturated heterocycles. The second kappa shape index (κ2) is 9.01. The van der Waals surface area contributed by atoms with Crippen molar-refractivity contribution >= 4 is 11.6 Å². The Hall–Kier alpha value is -4.00. The fourth-order valence-corrected chi connectivity index (χ4v) is 3.25. The minimum absolute atomic E-state index is 0.150. The molecule has 0 bridgehead atoms. The van der Waals surface area contributed by atoms with Crippen molar-refractivity contribution in [3.05, 3.63) is 89.3 Å². The molecule has 0 aliphatic carbocycles. The van der Waals surface area contributed by atoms with Crippen LogP contribution in [0.2, 0.25) is 0 Å². The van der Waals surface area contributed by atoms with Gasteiger partial charge in [-0.25, -0.2) is 9.97 Å². The number of carbonyl (C=O) groups is 1. The van der Waals surface area contributed by atoms with Gasteiger partial charge in [0.2, 0.25) is 5.88 Å². The summed E-state index contributed by atoms with van der Waals surface area (Å²) >= 11 is 0. The lowest BCUT2D eigenvalue weighted by Gasteiger charge is -2.10. The van der Waals surface area contributed by atoms with Crippen molar-refractivity contribution < 1.29 is 9.53 Å². The highest BCUT2D eigenvalue weighted by Crippen LogP contribution is 2.24. The van der Waals surface area contributed by atoms with Crippen LogP contribution in [0.25, 0.3) is 5.82 Å². The number of amides is 1. The van der Waals surface area contributed by atoms with E-state index in [9.17, 15) is 4.79 Å². The summed E-state index contributed by atoms with van der Waals surface area (Å²) in [6.07, 6.45) is 2.68. The molecule has 162 valence electrons. The number of rotatable bonds is 6. The minimum Gasteiger partial charge on any atom is -0.439 e. The molecule has 1 amide bonds. The van der Waals surface area contributed by atoms with Gasteiger partial charge in [0, 0.05) is 23.0 Å². The van der Waals surface area contributed by atoms with E-state index in [4.69, 9.17) is 4.74 Å². The molecule has 0 aliphatic heterocycles. The monoisotopic (exact) mass is 427 g/mol. The van der Waals surface area contributed by atoms with Gasteiger partial charge in [0.1, 0.15) is 23.7 Å². The SMILES string of the molecule is CCc1ccc(C(=O)Nc2ccc(Oc3cc(-n4cnc(C)c4C)nc(C)n3)cc2)cc1. The molecule has 0 atom stereocenters. The lowest BCUT2D eigenvalue weighted by atomic mass is 10.1. The molecule has 4 rings (SSSR count). The largest absolute Gasteiger partial charge is 0.439 e. The highest BCUT2D eigenvalue weighted by molar-refractivity contribution is 6.04. The van der Waals surface area contributed by atoms with Crippen LogP contribution in [0.5, 0.6) is 11.6 Å². The maximum atomic E-state index is 12.5. The van der Waals surface area contributed by atoms with Crippen molar-refractivity contribution in [1.82, 2.24) is 19.5 Å². The van der Waals surface area contributed by atoms with E-state index >= 15 is 0 Å². The molecule has 0 saturated carbocycles. The van der Waals surface area contributed by atoms with Gasteiger partial charge in [0.25, 0.3) is 5.91 Å². The van der Waals surface area contributed by atoms with E-state index in [0.29, 0.717) is 34.5 Å². The van der Waals surface area contributed by atoms with Crippen LogP contribution in [0, 0.1) is 20.8 Å². The molecule has 0 radical (unpaired) electrons. The van der Waals surface area contributed by atoms with Crippen molar-refractivity contribution in [1.29, 1.82) is 0 Å². The molecule has 7 heteroatoms. The zero-order valence-electron chi connectivity index (χ0n) is 18.6. The van der Waals surface area contributed by atoms with Gasteiger partial charge in [-0.15, -0.1) is 0 Å². The zero-order valence-corrected chi connectivity index (χ0v) is 18.6. The number of ether oxygens (including phenoxy) is 1. The van der Waals surface area contributed by atoms with Gasteiger partial charge in [0.15, 0.2) is 0 Å². The quantitative estimate of drug-likeness (QED) is 0.458. The Balaban J connectivity index is 1.46. The molecule has 32 heavy (non-hydrogen) atoms. The Kier molecular flexibility index (Phi) is 5.98. The lowest BCUT2D eigenvalue weighted by Crippen LogP contribution is -2.11. The third-order valence-electron chi connectivity index (χ3n) is 5.26. The van der Waals surface area contributed by atoms with E-state index in [1.165, 1.54) is 5.56 Å². The fraction of sp³-hybridized carbons (Fsp3) is 0.200. The van der Waals surface area contributed by atoms with Crippen LogP contribution < -0.4 is 10.1 Å². The zero-order chi connectivity index (χ0) is 22.7. The van der Waals surface area contributed by atoms with Gasteiger partial charge in [-0.3, -0.25) is 9.36 Å². The molecule has 2 aromatic heterocycles. The first-order valence-electron chi connectivity index (χ1n) is 10.5. The molecule has 2 aromatic carbocycles. The lowest BCUT2D eigenvalue weighted by molar-refractivity contribution is 0.102. The number of hydrogen-bond acceptors (Lipinski definition) is 5. The van der Waals surface area contributed by atoms with Gasteiger partial charge in [-0.1, -0.05) is 19.1 Å². The highest BCUT2D eigenvalue weighted by atomic mass is 16.5. The summed E-state index contributed by atoms with van der Waals surface area (Å²) in [5, 5.41) is 2.90. The van der Waals surface area contributed by atoms with Crippen molar-refractivity contribution in [2.24, 2.45) is 0 Å². The van der Waals surface area contributed by atoms with Crippen LogP contribution in [-0.2, 0) is 6.42 Å². The van der Waals surface area contributed by atoms with E-state index in [2.05, 4.69) is 27.2 Å². The van der Waals surface area contributed by atoms with Gasteiger partial charge in [-0.05, 0) is 69.2 Å². The Morgan fingerprint density at radius 1 is 1.00 bits per heavy atom. The van der Waals surface area contributed by atoms with Gasteiger partial charge < -0.3 is 10.1 Å². The summed E-state index contributed by atoms with van der Waals surface area (Å²) in [7, 11) is 0. The number of imidazole rings is 1. The summed E-state index contributed by atoms with van der Waals surface area (Å²) in [5.41, 5.74) is 4.47. The predicted molar refractivity (Wildman–Crippen MR) is 124 cm³/mol. The number of aryl methyl sites for hydroxylation is 3. The summed E-state index contributed by atoms with van der Waals surface area (Å²) in [5.74, 6) is 2.19. The van der Waals surface area contributed by atoms with Crippen LogP contribution in [0.1, 0.15) is 40.1 Å². The van der Waals surface area contributed by atoms with E-state index in [1.807, 2.05) is 49.6 Å². The summed E-state index contributed by atoms with van der Waals surface area (Å²) < 4.78 is 7.85. The third-order valence-corrected chi connectivity index (χ3v) is 5.26. The van der Waals surface area contributed by atoms with Crippen molar-refractivity contribution in [3.63, 3.8) is 0 Å². The summed E-state index contributed by atoms with van der Waals surface area (Å²) in [4.78, 5) is 25.7.